The molecule has 0 aliphatic rings. The van der Waals surface area contributed by atoms with Gasteiger partial charge in [-0.25, -0.2) is 0 Å². The zero-order valence-electron chi connectivity index (χ0n) is 36.0. The van der Waals surface area contributed by atoms with E-state index in [1.807, 2.05) is 60.7 Å². The van der Waals surface area contributed by atoms with Crippen LogP contribution in [-0.4, -0.2) is 0 Å². The van der Waals surface area contributed by atoms with E-state index in [0.29, 0.717) is 5.56 Å². The lowest BCUT2D eigenvalue weighted by molar-refractivity contribution is 0.670. The summed E-state index contributed by atoms with van der Waals surface area (Å²) in [5.41, 5.74) is 4.35. The monoisotopic (exact) mass is 632 g/mol. The molecule has 1 heterocycles. The number of benzene rings is 9. The Bertz CT molecular complexity index is 3370. The molecule has 10 aromatic rings. The SMILES string of the molecule is [2H]c1cc2c(oc3c([2H])c(-c4c([2H])c([2H])c([2H])c([2H])c4[2H])c([2H])c([2H])c32)c(-c2c3ccccc3c(-c3cccc(-c4cccc5ccccc45)c3)c3ccccc23)c1[2H]. The molecule has 10 rings (SSSR count). The van der Waals surface area contributed by atoms with Crippen molar-refractivity contribution in [2.75, 3.05) is 0 Å². The normalized spacial score (nSPS) is 14.5. The Kier molecular flexibility index (Phi) is 4.39. The fraction of sp³-hybridized carbons (Fsp3) is 0. The Morgan fingerprint density at radius 1 is 0.388 bits per heavy atom. The van der Waals surface area contributed by atoms with Crippen LogP contribution in [0.15, 0.2) is 186 Å². The van der Waals surface area contributed by atoms with Gasteiger partial charge in [-0.05, 0) is 83.8 Å². The third-order valence-corrected chi connectivity index (χ3v) is 9.32. The summed E-state index contributed by atoms with van der Waals surface area (Å²) in [7, 11) is 0. The summed E-state index contributed by atoms with van der Waals surface area (Å²) in [6.45, 7) is 0. The van der Waals surface area contributed by atoms with Crippen molar-refractivity contribution in [1.82, 2.24) is 0 Å². The fourth-order valence-electron chi connectivity index (χ4n) is 7.19. The van der Waals surface area contributed by atoms with Crippen molar-refractivity contribution in [1.29, 1.82) is 0 Å². The molecule has 0 radical (unpaired) electrons. The first-order valence-corrected chi connectivity index (χ1v) is 16.0. The van der Waals surface area contributed by atoms with E-state index in [2.05, 4.69) is 54.6 Å². The van der Waals surface area contributed by atoms with Crippen LogP contribution in [0.25, 0.3) is 98.8 Å². The van der Waals surface area contributed by atoms with Crippen molar-refractivity contribution < 1.29 is 18.1 Å². The van der Waals surface area contributed by atoms with Crippen molar-refractivity contribution in [3.8, 4) is 44.5 Å². The predicted octanol–water partition coefficient (Wildman–Crippen LogP) is 13.7. The highest BCUT2D eigenvalue weighted by atomic mass is 16.3. The smallest absolute Gasteiger partial charge is 0.143 e. The second kappa shape index (κ2) is 11.1. The lowest BCUT2D eigenvalue weighted by Crippen LogP contribution is -1.91. The van der Waals surface area contributed by atoms with Crippen LogP contribution in [0, 0.1) is 0 Å². The maximum Gasteiger partial charge on any atom is 0.143 e. The molecule has 1 aromatic heterocycles. The second-order valence-electron chi connectivity index (χ2n) is 12.0. The third-order valence-electron chi connectivity index (χ3n) is 9.32. The van der Waals surface area contributed by atoms with Crippen molar-refractivity contribution in [3.05, 3.63) is 182 Å². The van der Waals surface area contributed by atoms with Crippen LogP contribution in [0.2, 0.25) is 0 Å². The van der Waals surface area contributed by atoms with Crippen LogP contribution in [0.4, 0.5) is 0 Å². The summed E-state index contributed by atoms with van der Waals surface area (Å²) in [4.78, 5) is 0. The van der Waals surface area contributed by atoms with E-state index >= 15 is 0 Å². The van der Waals surface area contributed by atoms with Crippen molar-refractivity contribution in [2.24, 2.45) is 0 Å². The molecule has 0 saturated carbocycles. The zero-order valence-corrected chi connectivity index (χ0v) is 26.0. The molecule has 0 spiro atoms. The minimum atomic E-state index is -0.626. The van der Waals surface area contributed by atoms with Crippen LogP contribution in [-0.2, 0) is 0 Å². The molecule has 0 unspecified atom stereocenters. The molecule has 228 valence electrons. The minimum absolute atomic E-state index is 0.0661. The average molecular weight is 633 g/mol. The first kappa shape index (κ1) is 19.4. The predicted molar refractivity (Wildman–Crippen MR) is 208 cm³/mol. The van der Waals surface area contributed by atoms with E-state index in [4.69, 9.17) is 14.0 Å². The van der Waals surface area contributed by atoms with Gasteiger partial charge in [-0.3, -0.25) is 0 Å². The summed E-state index contributed by atoms with van der Waals surface area (Å²) < 4.78 is 94.2. The van der Waals surface area contributed by atoms with Crippen molar-refractivity contribution >= 4 is 54.3 Å². The summed E-state index contributed by atoms with van der Waals surface area (Å²) in [6, 6.07) is 35.6. The van der Waals surface area contributed by atoms with Crippen LogP contribution < -0.4 is 0 Å². The highest BCUT2D eigenvalue weighted by molar-refractivity contribution is 6.24. The minimum Gasteiger partial charge on any atom is -0.455 e. The Hall–Kier alpha value is -6.44. The van der Waals surface area contributed by atoms with Crippen LogP contribution in [0.5, 0.6) is 0 Å². The van der Waals surface area contributed by atoms with E-state index in [1.165, 1.54) is 6.07 Å². The van der Waals surface area contributed by atoms with E-state index in [1.54, 1.807) is 0 Å². The molecule has 1 heteroatoms. The average Bonchev–Trinajstić information content (AvgIpc) is 3.64. The lowest BCUT2D eigenvalue weighted by Gasteiger charge is -2.18. The van der Waals surface area contributed by atoms with Crippen molar-refractivity contribution in [3.63, 3.8) is 0 Å². The Labute approximate surface area is 298 Å². The third kappa shape index (κ3) is 4.40. The van der Waals surface area contributed by atoms with Gasteiger partial charge in [0.05, 0.1) is 13.7 Å². The lowest BCUT2D eigenvalue weighted by atomic mass is 9.85. The summed E-state index contributed by atoms with van der Waals surface area (Å²) in [5, 5.41) is 5.99. The van der Waals surface area contributed by atoms with Crippen molar-refractivity contribution in [2.45, 2.75) is 0 Å². The first-order chi connectivity index (χ1) is 28.5. The summed E-state index contributed by atoms with van der Waals surface area (Å²) in [6.07, 6.45) is 0. The summed E-state index contributed by atoms with van der Waals surface area (Å²) >= 11 is 0. The molecule has 1 nitrogen and oxygen atoms in total. The number of hydrogen-bond donors (Lipinski definition) is 0. The van der Waals surface area contributed by atoms with Gasteiger partial charge >= 0.3 is 0 Å². The molecule has 0 saturated heterocycles. The molecule has 0 aliphatic carbocycles. The molecule has 49 heavy (non-hydrogen) atoms. The standard InChI is InChI=1S/C48H30O/c1-2-13-31(14-3-1)33-27-28-38-43-25-12-26-44(48(43)49-45(38)30-33)47-41-22-8-6-20-39(41)46(40-21-7-9-23-42(40)47)35-18-10-17-34(29-35)37-24-11-16-32-15-4-5-19-36(32)37/h1-30H/i1D,2D,3D,12D,13D,14D,26D,27D,28D,30D. The van der Waals surface area contributed by atoms with Gasteiger partial charge < -0.3 is 4.42 Å². The van der Waals surface area contributed by atoms with E-state index < -0.39 is 48.3 Å². The molecular formula is C48H30O. The van der Waals surface area contributed by atoms with Crippen LogP contribution >= 0.6 is 0 Å². The van der Waals surface area contributed by atoms with E-state index in [9.17, 15) is 4.11 Å². The van der Waals surface area contributed by atoms with Gasteiger partial charge in [0.2, 0.25) is 0 Å². The molecule has 0 bridgehead atoms. The number of rotatable bonds is 4. The molecular weight excluding hydrogens is 593 g/mol. The topological polar surface area (TPSA) is 13.1 Å². The number of furan rings is 1. The maximum absolute atomic E-state index is 9.41. The van der Waals surface area contributed by atoms with E-state index in [0.717, 1.165) is 54.6 Å². The summed E-state index contributed by atoms with van der Waals surface area (Å²) in [5.74, 6) is 0. The van der Waals surface area contributed by atoms with Crippen LogP contribution in [0.1, 0.15) is 13.7 Å². The zero-order chi connectivity index (χ0) is 41.0. The Balaban J connectivity index is 1.28. The molecule has 0 atom stereocenters. The largest absolute Gasteiger partial charge is 0.455 e. The highest BCUT2D eigenvalue weighted by Crippen LogP contribution is 2.47. The molecule has 0 fully saturated rings. The first-order valence-electron chi connectivity index (χ1n) is 21.0. The molecule has 0 N–H and O–H groups in total. The number of fused-ring (bicyclic) bond motifs is 6. The van der Waals surface area contributed by atoms with Gasteiger partial charge in [-0.1, -0.05) is 164 Å². The van der Waals surface area contributed by atoms with Crippen LogP contribution in [0.3, 0.4) is 0 Å². The maximum atomic E-state index is 9.41. The highest BCUT2D eigenvalue weighted by Gasteiger charge is 2.20. The van der Waals surface area contributed by atoms with Gasteiger partial charge in [-0.2, -0.15) is 0 Å². The molecule has 0 aliphatic heterocycles. The Morgan fingerprint density at radius 2 is 1.04 bits per heavy atom. The van der Waals surface area contributed by atoms with Gasteiger partial charge in [-0.15, -0.1) is 0 Å². The number of hydrogen-bond acceptors (Lipinski definition) is 1. The van der Waals surface area contributed by atoms with Gasteiger partial charge in [0.15, 0.2) is 0 Å². The second-order valence-corrected chi connectivity index (χ2v) is 12.0. The fourth-order valence-corrected chi connectivity index (χ4v) is 7.19. The molecule has 9 aromatic carbocycles. The van der Waals surface area contributed by atoms with Gasteiger partial charge in [0.25, 0.3) is 0 Å². The van der Waals surface area contributed by atoms with Gasteiger partial charge in [0, 0.05) is 21.9 Å². The Morgan fingerprint density at radius 3 is 1.82 bits per heavy atom. The van der Waals surface area contributed by atoms with E-state index in [-0.39, 0.29) is 50.7 Å². The van der Waals surface area contributed by atoms with Gasteiger partial charge in [0.1, 0.15) is 11.2 Å². The quantitative estimate of drug-likeness (QED) is 0.176. The number of para-hydroxylation sites is 1. The molecule has 0 amide bonds.